The van der Waals surface area contributed by atoms with E-state index in [1.165, 1.54) is 62.4 Å². The number of benzene rings is 2. The Hall–Kier alpha value is -5.54. The smallest absolute Gasteiger partial charge is 0.343 e. The van der Waals surface area contributed by atoms with Gasteiger partial charge in [0.15, 0.2) is 0 Å². The maximum absolute atomic E-state index is 12.3. The Kier molecular flexibility index (Phi) is 10.5. The van der Waals surface area contributed by atoms with E-state index < -0.39 is 44.0 Å². The van der Waals surface area contributed by atoms with Crippen molar-refractivity contribution in [3.63, 3.8) is 0 Å². The number of carbonyl (C=O) groups is 2. The monoisotopic (exact) mass is 641 g/mol. The predicted molar refractivity (Wildman–Crippen MR) is 146 cm³/mol. The van der Waals surface area contributed by atoms with E-state index in [1.807, 2.05) is 0 Å². The molecule has 17 heteroatoms. The van der Waals surface area contributed by atoms with Crippen LogP contribution in [0.1, 0.15) is 43.8 Å². The normalized spacial score (nSPS) is 10.1. The average molecular weight is 642 g/mol. The van der Waals surface area contributed by atoms with Crippen LogP contribution in [0.2, 0.25) is 0 Å². The van der Waals surface area contributed by atoms with Gasteiger partial charge < -0.3 is 10.2 Å². The molecule has 2 heterocycles. The summed E-state index contributed by atoms with van der Waals surface area (Å²) in [5, 5.41) is 39.4. The van der Waals surface area contributed by atoms with Crippen LogP contribution in [0.5, 0.6) is 0 Å². The van der Waals surface area contributed by atoms with Crippen molar-refractivity contribution < 1.29 is 46.7 Å². The minimum atomic E-state index is -1.36. The van der Waals surface area contributed by atoms with Gasteiger partial charge in [-0.1, -0.05) is 0 Å². The van der Waals surface area contributed by atoms with Crippen LogP contribution in [-0.4, -0.2) is 51.1 Å². The van der Waals surface area contributed by atoms with Gasteiger partial charge in [0, 0.05) is 41.3 Å². The molecular formula is C26H22CuN6O10. The van der Waals surface area contributed by atoms with Gasteiger partial charge in [-0.2, -0.15) is 0 Å². The second-order valence-electron chi connectivity index (χ2n) is 8.68. The molecule has 43 heavy (non-hydrogen) atoms. The fourth-order valence-electron chi connectivity index (χ4n) is 4.07. The van der Waals surface area contributed by atoms with Gasteiger partial charge in [0.25, 0.3) is 22.5 Å². The number of hydrogen-bond donors (Lipinski definition) is 2. The second kappa shape index (κ2) is 13.4. The Morgan fingerprint density at radius 2 is 0.930 bits per heavy atom. The predicted octanol–water partition coefficient (Wildman–Crippen LogP) is 2.91. The van der Waals surface area contributed by atoms with Crippen molar-refractivity contribution in [2.45, 2.75) is 27.7 Å². The van der Waals surface area contributed by atoms with E-state index in [2.05, 4.69) is 9.97 Å². The van der Waals surface area contributed by atoms with Crippen molar-refractivity contribution in [3.05, 3.63) is 124 Å². The van der Waals surface area contributed by atoms with E-state index in [0.717, 1.165) is 9.13 Å². The summed E-state index contributed by atoms with van der Waals surface area (Å²) in [6.07, 6.45) is 0. The topological polar surface area (TPSA) is 231 Å². The molecule has 0 unspecified atom stereocenters. The molecule has 0 amide bonds. The summed E-state index contributed by atoms with van der Waals surface area (Å²) in [7, 11) is 0. The Balaban J connectivity index is 0.000000293. The quantitative estimate of drug-likeness (QED) is 0.176. The zero-order chi connectivity index (χ0) is 31.5. The summed E-state index contributed by atoms with van der Waals surface area (Å²) in [6.45, 7) is 6.00. The van der Waals surface area contributed by atoms with Crippen molar-refractivity contribution in [1.82, 2.24) is 19.1 Å². The van der Waals surface area contributed by atoms with Gasteiger partial charge in [0.05, 0.1) is 32.6 Å². The first-order chi connectivity index (χ1) is 19.6. The first-order valence-electron chi connectivity index (χ1n) is 11.8. The minimum Gasteiger partial charge on any atom is -0.477 e. The van der Waals surface area contributed by atoms with Crippen molar-refractivity contribution in [2.24, 2.45) is 0 Å². The van der Waals surface area contributed by atoms with Gasteiger partial charge in [0.1, 0.15) is 22.8 Å². The molecule has 2 N–H and O–H groups in total. The van der Waals surface area contributed by atoms with Gasteiger partial charge in [-0.3, -0.25) is 39.0 Å². The van der Waals surface area contributed by atoms with Crippen LogP contribution < -0.4 is 11.1 Å². The Labute approximate surface area is 251 Å². The van der Waals surface area contributed by atoms with E-state index in [9.17, 15) is 39.4 Å². The number of nitro benzene ring substituents is 2. The van der Waals surface area contributed by atoms with Crippen molar-refractivity contribution in [3.8, 4) is 11.4 Å². The van der Waals surface area contributed by atoms with E-state index in [1.54, 1.807) is 13.8 Å². The molecule has 16 nitrogen and oxygen atoms in total. The molecule has 2 aromatic heterocycles. The van der Waals surface area contributed by atoms with Crippen LogP contribution in [0.3, 0.4) is 0 Å². The second-order valence-corrected chi connectivity index (χ2v) is 8.68. The zero-order valence-electron chi connectivity index (χ0n) is 22.8. The summed E-state index contributed by atoms with van der Waals surface area (Å²) in [6, 6.07) is 10.4. The molecule has 4 aromatic rings. The maximum atomic E-state index is 12.3. The fourth-order valence-corrected chi connectivity index (χ4v) is 4.07. The summed E-state index contributed by atoms with van der Waals surface area (Å²) in [5.74, 6) is -2.12. The maximum Gasteiger partial charge on any atom is 0.343 e. The molecule has 0 bridgehead atoms. The number of nitro groups is 2. The largest absolute Gasteiger partial charge is 0.477 e. The summed E-state index contributed by atoms with van der Waals surface area (Å²) < 4.78 is 2.22. The number of aromatic nitrogens is 4. The van der Waals surface area contributed by atoms with E-state index in [-0.39, 0.29) is 39.8 Å². The van der Waals surface area contributed by atoms with Crippen LogP contribution in [0.25, 0.3) is 11.4 Å². The Bertz CT molecular complexity index is 1730. The summed E-state index contributed by atoms with van der Waals surface area (Å²) in [4.78, 5) is 75.0. The third kappa shape index (κ3) is 7.03. The standard InChI is InChI=1S/2C13H11N3O5.Cu/c2*1-7-11(13(18)19)12(17)15(8(2)14-7)9-3-5-10(6-4-9)16(20)21;/h2*3-6H,1-2H3,(H,18,19);. The van der Waals surface area contributed by atoms with Crippen LogP contribution in [-0.2, 0) is 17.1 Å². The number of non-ortho nitro benzene ring substituents is 2. The molecular weight excluding hydrogens is 620 g/mol. The van der Waals surface area contributed by atoms with Crippen molar-refractivity contribution in [2.75, 3.05) is 0 Å². The van der Waals surface area contributed by atoms with Crippen LogP contribution >= 0.6 is 0 Å². The molecule has 227 valence electrons. The van der Waals surface area contributed by atoms with E-state index in [0.29, 0.717) is 23.0 Å². The van der Waals surface area contributed by atoms with Gasteiger partial charge in [-0.25, -0.2) is 19.6 Å². The molecule has 2 aromatic carbocycles. The summed E-state index contributed by atoms with van der Waals surface area (Å²) in [5.41, 5.74) is -1.63. The number of nitrogens with zero attached hydrogens (tertiary/aromatic N) is 6. The SMILES string of the molecule is Cc1nc(C)n(-c2ccc([N+](=O)[O-])cc2)c(=O)c1C(=O)O.Cc1nc(C)n(-c2ccc([N+](=O)[O-])cc2)c(=O)c1C(=O)O.[Cu]. The number of rotatable bonds is 6. The molecule has 4 rings (SSSR count). The van der Waals surface area contributed by atoms with Crippen LogP contribution in [0, 0.1) is 47.9 Å². The molecule has 0 saturated heterocycles. The number of aryl methyl sites for hydroxylation is 4. The third-order valence-corrected chi connectivity index (χ3v) is 5.93. The van der Waals surface area contributed by atoms with Crippen LogP contribution in [0.15, 0.2) is 58.1 Å². The van der Waals surface area contributed by atoms with E-state index >= 15 is 0 Å². The van der Waals surface area contributed by atoms with Crippen LogP contribution in [0.4, 0.5) is 11.4 Å². The number of carboxylic acid groups (broad SMARTS) is 2. The molecule has 0 aliphatic rings. The number of aromatic carboxylic acids is 2. The van der Waals surface area contributed by atoms with Gasteiger partial charge in [-0.15, -0.1) is 0 Å². The molecule has 0 atom stereocenters. The third-order valence-electron chi connectivity index (χ3n) is 5.93. The molecule has 0 aliphatic heterocycles. The van der Waals surface area contributed by atoms with Gasteiger partial charge >= 0.3 is 11.9 Å². The first kappa shape index (κ1) is 33.7. The minimum absolute atomic E-state index is 0. The molecule has 0 aliphatic carbocycles. The van der Waals surface area contributed by atoms with Crippen molar-refractivity contribution in [1.29, 1.82) is 0 Å². The Morgan fingerprint density at radius 3 is 1.16 bits per heavy atom. The van der Waals surface area contributed by atoms with Crippen molar-refractivity contribution >= 4 is 23.3 Å². The first-order valence-corrected chi connectivity index (χ1v) is 11.8. The number of carboxylic acids is 2. The molecule has 0 saturated carbocycles. The van der Waals surface area contributed by atoms with E-state index in [4.69, 9.17) is 10.2 Å². The Morgan fingerprint density at radius 1 is 0.651 bits per heavy atom. The van der Waals surface area contributed by atoms with Gasteiger partial charge in [0.2, 0.25) is 0 Å². The number of hydrogen-bond acceptors (Lipinski definition) is 10. The average Bonchev–Trinajstić information content (AvgIpc) is 2.88. The zero-order valence-corrected chi connectivity index (χ0v) is 23.7. The molecule has 1 radical (unpaired) electrons. The summed E-state index contributed by atoms with van der Waals surface area (Å²) >= 11 is 0. The fraction of sp³-hybridized carbons (Fsp3) is 0.154. The molecule has 0 fully saturated rings. The molecule has 0 spiro atoms. The van der Waals surface area contributed by atoms with Gasteiger partial charge in [-0.05, 0) is 52.0 Å².